The molecule has 1 aromatic rings. The van der Waals surface area contributed by atoms with E-state index in [9.17, 15) is 0 Å². The first-order chi connectivity index (χ1) is 7.42. The Morgan fingerprint density at radius 1 is 1.20 bits per heavy atom. The number of rotatable bonds is 4. The van der Waals surface area contributed by atoms with Crippen molar-refractivity contribution in [2.75, 3.05) is 12.4 Å². The van der Waals surface area contributed by atoms with Crippen LogP contribution in [0, 0.1) is 0 Å². The molecule has 2 heteroatoms. The average molecular weight is 222 g/mol. The lowest BCUT2D eigenvalue weighted by molar-refractivity contribution is 0.314. The number of thiol groups is 1. The summed E-state index contributed by atoms with van der Waals surface area (Å²) in [5.74, 6) is 2.00. The third-order valence-corrected chi connectivity index (χ3v) is 3.23. The number of aryl methyl sites for hydroxylation is 1. The normalized spacial score (nSPS) is 14.7. The van der Waals surface area contributed by atoms with Gasteiger partial charge in [-0.2, -0.15) is 12.6 Å². The summed E-state index contributed by atoms with van der Waals surface area (Å²) in [6.45, 7) is 0.792. The molecule has 15 heavy (non-hydrogen) atoms. The van der Waals surface area contributed by atoms with Crippen LogP contribution in [0.25, 0.3) is 0 Å². The molecule has 0 heterocycles. The van der Waals surface area contributed by atoms with Crippen LogP contribution < -0.4 is 4.74 Å². The summed E-state index contributed by atoms with van der Waals surface area (Å²) in [5.41, 5.74) is 2.94. The van der Waals surface area contributed by atoms with Crippen LogP contribution >= 0.6 is 12.6 Å². The Morgan fingerprint density at radius 2 is 2.07 bits per heavy atom. The molecule has 0 N–H and O–H groups in total. The highest BCUT2D eigenvalue weighted by atomic mass is 32.1. The third-order valence-electron chi connectivity index (χ3n) is 2.91. The van der Waals surface area contributed by atoms with Crippen LogP contribution in [-0.2, 0) is 12.8 Å². The third kappa shape index (κ3) is 2.69. The van der Waals surface area contributed by atoms with Gasteiger partial charge >= 0.3 is 0 Å². The highest BCUT2D eigenvalue weighted by Gasteiger charge is 2.13. The van der Waals surface area contributed by atoms with Crippen LogP contribution in [0.5, 0.6) is 5.75 Å². The van der Waals surface area contributed by atoms with Gasteiger partial charge in [-0.15, -0.1) is 0 Å². The fourth-order valence-electron chi connectivity index (χ4n) is 2.13. The van der Waals surface area contributed by atoms with Crippen LogP contribution in [0.15, 0.2) is 18.2 Å². The largest absolute Gasteiger partial charge is 0.493 e. The van der Waals surface area contributed by atoms with Crippen LogP contribution in [0.1, 0.15) is 30.4 Å². The lowest BCUT2D eigenvalue weighted by atomic mass is 9.91. The van der Waals surface area contributed by atoms with Gasteiger partial charge in [-0.25, -0.2) is 0 Å². The molecule has 0 atom stereocenters. The van der Waals surface area contributed by atoms with Gasteiger partial charge in [0.05, 0.1) is 6.61 Å². The van der Waals surface area contributed by atoms with Crippen molar-refractivity contribution in [3.8, 4) is 5.75 Å². The van der Waals surface area contributed by atoms with Crippen molar-refractivity contribution < 1.29 is 4.74 Å². The quantitative estimate of drug-likeness (QED) is 0.607. The first kappa shape index (κ1) is 10.9. The summed E-state index contributed by atoms with van der Waals surface area (Å²) < 4.78 is 5.80. The molecule has 0 saturated carbocycles. The van der Waals surface area contributed by atoms with E-state index in [1.807, 2.05) is 0 Å². The first-order valence-electron chi connectivity index (χ1n) is 5.76. The van der Waals surface area contributed by atoms with E-state index in [0.717, 1.165) is 24.5 Å². The second kappa shape index (κ2) is 5.45. The summed E-state index contributed by atoms with van der Waals surface area (Å²) in [7, 11) is 0. The van der Waals surface area contributed by atoms with Crippen molar-refractivity contribution in [1.82, 2.24) is 0 Å². The molecule has 0 fully saturated rings. The van der Waals surface area contributed by atoms with Crippen molar-refractivity contribution in [3.63, 3.8) is 0 Å². The molecule has 1 aliphatic rings. The van der Waals surface area contributed by atoms with E-state index < -0.39 is 0 Å². The van der Waals surface area contributed by atoms with Gasteiger partial charge in [-0.05, 0) is 55.1 Å². The van der Waals surface area contributed by atoms with E-state index in [0.29, 0.717) is 0 Å². The van der Waals surface area contributed by atoms with Gasteiger partial charge in [-0.3, -0.25) is 0 Å². The van der Waals surface area contributed by atoms with Gasteiger partial charge in [0.2, 0.25) is 0 Å². The Morgan fingerprint density at radius 3 is 2.93 bits per heavy atom. The smallest absolute Gasteiger partial charge is 0.122 e. The van der Waals surface area contributed by atoms with Crippen molar-refractivity contribution in [1.29, 1.82) is 0 Å². The van der Waals surface area contributed by atoms with Crippen LogP contribution in [-0.4, -0.2) is 12.4 Å². The number of fused-ring (bicyclic) bond motifs is 1. The number of hydrogen-bond donors (Lipinski definition) is 1. The molecule has 0 amide bonds. The Labute approximate surface area is 97.2 Å². The molecule has 82 valence electrons. The van der Waals surface area contributed by atoms with Crippen LogP contribution in [0.3, 0.4) is 0 Å². The minimum atomic E-state index is 0.792. The molecule has 1 nitrogen and oxygen atoms in total. The van der Waals surface area contributed by atoms with E-state index in [-0.39, 0.29) is 0 Å². The Bertz CT molecular complexity index is 322. The predicted molar refractivity (Wildman–Crippen MR) is 67.0 cm³/mol. The van der Waals surface area contributed by atoms with Gasteiger partial charge in [-0.1, -0.05) is 12.1 Å². The minimum Gasteiger partial charge on any atom is -0.493 e. The summed E-state index contributed by atoms with van der Waals surface area (Å²) in [6, 6.07) is 6.45. The van der Waals surface area contributed by atoms with E-state index >= 15 is 0 Å². The Kier molecular flexibility index (Phi) is 3.95. The first-order valence-corrected chi connectivity index (χ1v) is 6.39. The second-order valence-electron chi connectivity index (χ2n) is 4.03. The number of ether oxygens (including phenoxy) is 1. The lowest BCUT2D eigenvalue weighted by Crippen LogP contribution is -2.07. The van der Waals surface area contributed by atoms with E-state index in [1.54, 1.807) is 0 Å². The van der Waals surface area contributed by atoms with E-state index in [4.69, 9.17) is 4.74 Å². The fourth-order valence-corrected chi connectivity index (χ4v) is 2.26. The molecule has 0 spiro atoms. The molecule has 0 radical (unpaired) electrons. The predicted octanol–water partition coefficient (Wildman–Crippen LogP) is 3.26. The van der Waals surface area contributed by atoms with Gasteiger partial charge in [0.25, 0.3) is 0 Å². The van der Waals surface area contributed by atoms with Crippen LogP contribution in [0.4, 0.5) is 0 Å². The average Bonchev–Trinajstić information content (AvgIpc) is 2.30. The SMILES string of the molecule is SCCCOc1cccc2c1CCCC2. The van der Waals surface area contributed by atoms with Crippen LogP contribution in [0.2, 0.25) is 0 Å². The molecule has 1 aromatic carbocycles. The van der Waals surface area contributed by atoms with E-state index in [1.165, 1.54) is 36.8 Å². The van der Waals surface area contributed by atoms with Crippen molar-refractivity contribution >= 4 is 12.6 Å². The summed E-state index contributed by atoms with van der Waals surface area (Å²) >= 11 is 4.19. The molecule has 0 bridgehead atoms. The second-order valence-corrected chi connectivity index (χ2v) is 4.47. The summed E-state index contributed by atoms with van der Waals surface area (Å²) in [6.07, 6.45) is 6.06. The zero-order valence-electron chi connectivity index (χ0n) is 9.04. The fraction of sp³-hybridized carbons (Fsp3) is 0.538. The Hall–Kier alpha value is -0.630. The molecule has 0 aliphatic heterocycles. The minimum absolute atomic E-state index is 0.792. The van der Waals surface area contributed by atoms with Crippen molar-refractivity contribution in [2.45, 2.75) is 32.1 Å². The maximum Gasteiger partial charge on any atom is 0.122 e. The van der Waals surface area contributed by atoms with Gasteiger partial charge < -0.3 is 4.74 Å². The standard InChI is InChI=1S/C13H18OS/c15-10-4-9-14-13-8-3-6-11-5-1-2-7-12(11)13/h3,6,8,15H,1-2,4-5,7,9-10H2. The molecular formula is C13H18OS. The topological polar surface area (TPSA) is 9.23 Å². The lowest BCUT2D eigenvalue weighted by Gasteiger charge is -2.19. The maximum atomic E-state index is 5.80. The van der Waals surface area contributed by atoms with Gasteiger partial charge in [0, 0.05) is 0 Å². The van der Waals surface area contributed by atoms with Gasteiger partial charge in [0.1, 0.15) is 5.75 Å². The highest BCUT2D eigenvalue weighted by molar-refractivity contribution is 7.80. The molecule has 0 saturated heterocycles. The Balaban J connectivity index is 2.09. The molecule has 2 rings (SSSR count). The zero-order chi connectivity index (χ0) is 10.5. The molecule has 1 aliphatic carbocycles. The zero-order valence-corrected chi connectivity index (χ0v) is 9.93. The highest BCUT2D eigenvalue weighted by Crippen LogP contribution is 2.29. The molecule has 0 unspecified atom stereocenters. The maximum absolute atomic E-state index is 5.80. The molecule has 0 aromatic heterocycles. The monoisotopic (exact) mass is 222 g/mol. The van der Waals surface area contributed by atoms with Crippen molar-refractivity contribution in [3.05, 3.63) is 29.3 Å². The van der Waals surface area contributed by atoms with Gasteiger partial charge in [0.15, 0.2) is 0 Å². The van der Waals surface area contributed by atoms with E-state index in [2.05, 4.69) is 30.8 Å². The summed E-state index contributed by atoms with van der Waals surface area (Å²) in [4.78, 5) is 0. The number of benzene rings is 1. The molecular weight excluding hydrogens is 204 g/mol. The summed E-state index contributed by atoms with van der Waals surface area (Å²) in [5, 5.41) is 0. The number of hydrogen-bond acceptors (Lipinski definition) is 2. The van der Waals surface area contributed by atoms with Crippen molar-refractivity contribution in [2.24, 2.45) is 0 Å².